The smallest absolute Gasteiger partial charge is 0.322 e. The molecular weight excluding hydrogens is 290 g/mol. The molecule has 0 amide bonds. The maximum absolute atomic E-state index is 6.02. The van der Waals surface area contributed by atoms with Gasteiger partial charge in [-0.15, -0.1) is 0 Å². The maximum atomic E-state index is 6.02. The topological polar surface area (TPSA) is 54.4 Å². The minimum atomic E-state index is 0.0163. The Labute approximate surface area is 130 Å². The van der Waals surface area contributed by atoms with Crippen molar-refractivity contribution >= 4 is 17.5 Å². The number of likely N-dealkylation sites (N-methyl/N-ethyl adjacent to an activating group) is 1. The normalized spacial score (nSPS) is 26.2. The number of aromatic nitrogens is 3. The number of hydrogen-bond donors (Lipinski definition) is 0. The molecule has 116 valence electrons. The first kappa shape index (κ1) is 14.8. The number of halogens is 1. The molecule has 2 fully saturated rings. The fourth-order valence-corrected chi connectivity index (χ4v) is 3.37. The second-order valence-electron chi connectivity index (χ2n) is 6.14. The molecule has 2 bridgehead atoms. The summed E-state index contributed by atoms with van der Waals surface area (Å²) in [7, 11) is 2.22. The Kier molecular flexibility index (Phi) is 4.17. The summed E-state index contributed by atoms with van der Waals surface area (Å²) in [5.41, 5.74) is 0. The summed E-state index contributed by atoms with van der Waals surface area (Å²) in [6, 6.07) is 1.56. The fourth-order valence-electron chi connectivity index (χ4n) is 3.22. The molecule has 0 aromatic carbocycles. The predicted molar refractivity (Wildman–Crippen MR) is 82.0 cm³/mol. The second-order valence-corrected chi connectivity index (χ2v) is 6.48. The summed E-state index contributed by atoms with van der Waals surface area (Å²) in [6.07, 6.45) is 3.69. The van der Waals surface area contributed by atoms with Gasteiger partial charge in [0.2, 0.25) is 11.2 Å². The highest BCUT2D eigenvalue weighted by Crippen LogP contribution is 2.30. The first-order chi connectivity index (χ1) is 10.0. The lowest BCUT2D eigenvalue weighted by Gasteiger charge is -2.25. The van der Waals surface area contributed by atoms with Gasteiger partial charge in [-0.1, -0.05) is 0 Å². The van der Waals surface area contributed by atoms with Gasteiger partial charge in [-0.3, -0.25) is 4.90 Å². The van der Waals surface area contributed by atoms with E-state index in [1.807, 2.05) is 13.8 Å². The van der Waals surface area contributed by atoms with Crippen LogP contribution in [0.3, 0.4) is 0 Å². The Morgan fingerprint density at radius 2 is 1.90 bits per heavy atom. The van der Waals surface area contributed by atoms with Crippen LogP contribution in [0.4, 0.5) is 5.95 Å². The number of fused-ring (bicyclic) bond motifs is 2. The van der Waals surface area contributed by atoms with Crippen molar-refractivity contribution in [3.8, 4) is 6.01 Å². The van der Waals surface area contributed by atoms with Crippen LogP contribution in [0.1, 0.15) is 33.1 Å². The third-order valence-electron chi connectivity index (χ3n) is 4.35. The van der Waals surface area contributed by atoms with Gasteiger partial charge in [0.25, 0.3) is 0 Å². The van der Waals surface area contributed by atoms with E-state index in [1.54, 1.807) is 0 Å². The van der Waals surface area contributed by atoms with Crippen LogP contribution in [0.15, 0.2) is 0 Å². The average Bonchev–Trinajstić information content (AvgIpc) is 2.61. The van der Waals surface area contributed by atoms with Crippen LogP contribution in [0, 0.1) is 0 Å². The summed E-state index contributed by atoms with van der Waals surface area (Å²) in [5.74, 6) is 0.631. The van der Waals surface area contributed by atoms with Gasteiger partial charge in [0.1, 0.15) is 0 Å². The van der Waals surface area contributed by atoms with E-state index in [0.29, 0.717) is 24.0 Å². The molecule has 7 heteroatoms. The lowest BCUT2D eigenvalue weighted by molar-refractivity contribution is 0.221. The van der Waals surface area contributed by atoms with Gasteiger partial charge in [0.05, 0.1) is 6.10 Å². The predicted octanol–water partition coefficient (Wildman–Crippen LogP) is 1.99. The zero-order chi connectivity index (χ0) is 15.0. The fraction of sp³-hybridized carbons (Fsp3) is 0.786. The highest BCUT2D eigenvalue weighted by Gasteiger charge is 2.35. The molecule has 0 spiro atoms. The van der Waals surface area contributed by atoms with Gasteiger partial charge in [-0.25, -0.2) is 0 Å². The Bertz CT molecular complexity index is 512. The molecule has 2 unspecified atom stereocenters. The first-order valence-corrected chi connectivity index (χ1v) is 7.96. The highest BCUT2D eigenvalue weighted by atomic mass is 35.5. The summed E-state index contributed by atoms with van der Waals surface area (Å²) < 4.78 is 5.56. The van der Waals surface area contributed by atoms with Crippen molar-refractivity contribution in [2.45, 2.75) is 51.3 Å². The standard InChI is InChI=1S/C14H22ClN5O/c1-9(2)21-14-17-12(15)16-13(18-14)20-7-6-10-4-5-11(8-20)19(10)3/h9-11H,4-8H2,1-3H3. The van der Waals surface area contributed by atoms with Crippen LogP contribution in [0.2, 0.25) is 5.28 Å². The van der Waals surface area contributed by atoms with E-state index in [4.69, 9.17) is 16.3 Å². The van der Waals surface area contributed by atoms with Crippen LogP contribution in [0.5, 0.6) is 6.01 Å². The van der Waals surface area contributed by atoms with E-state index in [0.717, 1.165) is 19.5 Å². The van der Waals surface area contributed by atoms with Crippen LogP contribution in [0.25, 0.3) is 0 Å². The van der Waals surface area contributed by atoms with Crippen molar-refractivity contribution in [2.24, 2.45) is 0 Å². The lowest BCUT2D eigenvalue weighted by Crippen LogP contribution is -2.37. The molecular formula is C14H22ClN5O. The quantitative estimate of drug-likeness (QED) is 0.851. The number of nitrogens with zero attached hydrogens (tertiary/aromatic N) is 5. The maximum Gasteiger partial charge on any atom is 0.322 e. The monoisotopic (exact) mass is 311 g/mol. The summed E-state index contributed by atoms with van der Waals surface area (Å²) >= 11 is 6.02. The summed E-state index contributed by atoms with van der Waals surface area (Å²) in [4.78, 5) is 17.5. The molecule has 1 aromatic heterocycles. The molecule has 0 N–H and O–H groups in total. The lowest BCUT2D eigenvalue weighted by atomic mass is 10.1. The third kappa shape index (κ3) is 3.21. The summed E-state index contributed by atoms with van der Waals surface area (Å²) in [5, 5.41) is 0.193. The molecule has 2 atom stereocenters. The number of hydrogen-bond acceptors (Lipinski definition) is 6. The van der Waals surface area contributed by atoms with Crippen molar-refractivity contribution in [2.75, 3.05) is 25.0 Å². The van der Waals surface area contributed by atoms with Crippen molar-refractivity contribution in [3.05, 3.63) is 5.28 Å². The third-order valence-corrected chi connectivity index (χ3v) is 4.52. The van der Waals surface area contributed by atoms with Crippen molar-refractivity contribution in [3.63, 3.8) is 0 Å². The molecule has 0 aliphatic carbocycles. The second kappa shape index (κ2) is 5.93. The molecule has 2 aliphatic rings. The van der Waals surface area contributed by atoms with Gasteiger partial charge >= 0.3 is 6.01 Å². The van der Waals surface area contributed by atoms with E-state index >= 15 is 0 Å². The van der Waals surface area contributed by atoms with E-state index in [-0.39, 0.29) is 11.4 Å². The van der Waals surface area contributed by atoms with Gasteiger partial charge < -0.3 is 9.64 Å². The summed E-state index contributed by atoms with van der Waals surface area (Å²) in [6.45, 7) is 5.77. The van der Waals surface area contributed by atoms with E-state index in [2.05, 4.69) is 31.8 Å². The van der Waals surface area contributed by atoms with Gasteiger partial charge in [0, 0.05) is 25.2 Å². The SMILES string of the molecule is CC(C)Oc1nc(Cl)nc(N2CCC3CCC(C2)N3C)n1. The molecule has 21 heavy (non-hydrogen) atoms. The van der Waals surface area contributed by atoms with Crippen LogP contribution in [-0.4, -0.2) is 58.2 Å². The Morgan fingerprint density at radius 1 is 1.14 bits per heavy atom. The molecule has 3 heterocycles. The van der Waals surface area contributed by atoms with Gasteiger partial charge in [-0.05, 0) is 51.8 Å². The Morgan fingerprint density at radius 3 is 2.67 bits per heavy atom. The molecule has 6 nitrogen and oxygen atoms in total. The van der Waals surface area contributed by atoms with Gasteiger partial charge in [-0.2, -0.15) is 15.0 Å². The molecule has 1 aromatic rings. The zero-order valence-electron chi connectivity index (χ0n) is 12.8. The number of rotatable bonds is 3. The molecule has 2 aliphatic heterocycles. The van der Waals surface area contributed by atoms with E-state index < -0.39 is 0 Å². The number of anilines is 1. The minimum Gasteiger partial charge on any atom is -0.461 e. The Hall–Kier alpha value is -1.14. The van der Waals surface area contributed by atoms with Crippen LogP contribution < -0.4 is 9.64 Å². The van der Waals surface area contributed by atoms with Gasteiger partial charge in [0.15, 0.2) is 0 Å². The largest absolute Gasteiger partial charge is 0.461 e. The zero-order valence-corrected chi connectivity index (χ0v) is 13.5. The molecule has 3 rings (SSSR count). The average molecular weight is 312 g/mol. The first-order valence-electron chi connectivity index (χ1n) is 7.58. The Balaban J connectivity index is 1.81. The molecule has 0 radical (unpaired) electrons. The van der Waals surface area contributed by atoms with E-state index in [1.165, 1.54) is 12.8 Å². The molecule has 2 saturated heterocycles. The van der Waals surface area contributed by atoms with Crippen molar-refractivity contribution in [1.29, 1.82) is 0 Å². The van der Waals surface area contributed by atoms with Crippen LogP contribution >= 0.6 is 11.6 Å². The molecule has 0 saturated carbocycles. The van der Waals surface area contributed by atoms with E-state index in [9.17, 15) is 0 Å². The minimum absolute atomic E-state index is 0.0163. The van der Waals surface area contributed by atoms with Crippen LogP contribution in [-0.2, 0) is 0 Å². The number of ether oxygens (including phenoxy) is 1. The highest BCUT2D eigenvalue weighted by molar-refractivity contribution is 6.28. The van der Waals surface area contributed by atoms with Crippen molar-refractivity contribution in [1.82, 2.24) is 19.9 Å². The van der Waals surface area contributed by atoms with Crippen molar-refractivity contribution < 1.29 is 4.74 Å².